The molecule has 0 amide bonds. The van der Waals surface area contributed by atoms with E-state index in [2.05, 4.69) is 433 Å². The highest BCUT2D eigenvalue weighted by Gasteiger charge is 2.14. The van der Waals surface area contributed by atoms with Crippen LogP contribution < -0.4 is 0 Å². The molecule has 0 aromatic heterocycles. The molecule has 5 unspecified atom stereocenters. The Bertz CT molecular complexity index is 3960. The van der Waals surface area contributed by atoms with Gasteiger partial charge in [-0.2, -0.15) is 0 Å². The molecule has 0 N–H and O–H groups in total. The van der Waals surface area contributed by atoms with Gasteiger partial charge in [0.1, 0.15) is 0 Å². The van der Waals surface area contributed by atoms with Crippen molar-refractivity contribution < 1.29 is 0 Å². The molecule has 0 heterocycles. The van der Waals surface area contributed by atoms with Crippen molar-refractivity contribution >= 4 is 0 Å². The second kappa shape index (κ2) is 102. The SMILES string of the molecule is CC1=CC=CC1.CC1=CC=CCC1.CC1=CCC=C1.CC1=CCC=CC1.CC1=CCC=CC1.CC1=CCCC1.CC1=CCCC=C1.CC1=CCCC=C1.CC1=CCCCC1.CC1C=CC1.CC1C=CC=C1.CC1C=CC=CC1.CC1C=CCC1.CC1C=CCC=C1.CC1C=CCCC1.CC1CC1.CC1CC=CC1.CC1CC=CCC1.CC1CCC1.CC1CCCC1.CC1CCCCC1.CC1CCCCCC1.CC1CCCCCCC1. The molecule has 23 aliphatic rings. The molecule has 0 aromatic rings. The summed E-state index contributed by atoms with van der Waals surface area (Å²) in [5, 5.41) is 0. The first-order valence-electron chi connectivity index (χ1n) is 63.4. The topological polar surface area (TPSA) is 0 Å². The lowest BCUT2D eigenvalue weighted by molar-refractivity contribution is 0.346. The molecule has 0 radical (unpaired) electrons. The zero-order chi connectivity index (χ0) is 110. The Kier molecular flexibility index (Phi) is 96.3. The molecule has 0 saturated heterocycles. The van der Waals surface area contributed by atoms with E-state index in [9.17, 15) is 0 Å². The van der Waals surface area contributed by atoms with E-state index in [0.29, 0.717) is 11.8 Å². The smallest absolute Gasteiger partial charge is 0.00756 e. The molecule has 846 valence electrons. The maximum absolute atomic E-state index is 2.39. The third kappa shape index (κ3) is 103. The van der Waals surface area contributed by atoms with Crippen LogP contribution in [0.5, 0.6) is 0 Å². The highest BCUT2D eigenvalue weighted by molar-refractivity contribution is 5.25. The predicted octanol–water partition coefficient (Wildman–Crippen LogP) is 50.4. The first-order valence-corrected chi connectivity index (χ1v) is 63.4. The summed E-state index contributed by atoms with van der Waals surface area (Å²) in [5.41, 5.74) is 13.4. The third-order valence-corrected chi connectivity index (χ3v) is 30.8. The number of hydrogen-bond donors (Lipinski definition) is 0. The van der Waals surface area contributed by atoms with E-state index in [-0.39, 0.29) is 0 Å². The first kappa shape index (κ1) is 141. The summed E-state index contributed by atoms with van der Waals surface area (Å²) < 4.78 is 0. The summed E-state index contributed by atoms with van der Waals surface area (Å²) >= 11 is 0. The van der Waals surface area contributed by atoms with Crippen LogP contribution in [-0.2, 0) is 0 Å². The summed E-state index contributed by atoms with van der Waals surface area (Å²) in [6, 6.07) is 0. The van der Waals surface area contributed by atoms with Crippen molar-refractivity contribution in [2.24, 2.45) is 82.9 Å². The van der Waals surface area contributed by atoms with Crippen LogP contribution in [0.3, 0.4) is 0 Å². The summed E-state index contributed by atoms with van der Waals surface area (Å²) in [6.45, 7) is 51.4. The lowest BCUT2D eigenvalue weighted by atomic mass is 9.88. The van der Waals surface area contributed by atoms with Crippen molar-refractivity contribution in [1.82, 2.24) is 0 Å². The minimum Gasteiger partial charge on any atom is -0.0885 e. The van der Waals surface area contributed by atoms with Gasteiger partial charge >= 0.3 is 0 Å². The fourth-order valence-corrected chi connectivity index (χ4v) is 18.8. The molecule has 6 saturated carbocycles. The van der Waals surface area contributed by atoms with E-state index in [1.807, 2.05) is 0 Å². The molecular weight excluding hydrogens is 1800 g/mol. The molecule has 23 aliphatic carbocycles. The van der Waals surface area contributed by atoms with Crippen LogP contribution in [0.4, 0.5) is 0 Å². The van der Waals surface area contributed by atoms with Gasteiger partial charge in [0.2, 0.25) is 0 Å². The maximum atomic E-state index is 2.39. The Morgan fingerprint density at radius 1 is 0.167 bits per heavy atom. The molecule has 0 bridgehead atoms. The molecule has 150 heavy (non-hydrogen) atoms. The second-order valence-electron chi connectivity index (χ2n) is 48.6. The Morgan fingerprint density at radius 2 is 0.573 bits per heavy atom. The minimum atomic E-state index is 0.675. The van der Waals surface area contributed by atoms with Gasteiger partial charge in [0.25, 0.3) is 0 Å². The van der Waals surface area contributed by atoms with Gasteiger partial charge < -0.3 is 0 Å². The van der Waals surface area contributed by atoms with Crippen molar-refractivity contribution in [2.75, 3.05) is 0 Å². The fourth-order valence-electron chi connectivity index (χ4n) is 18.8. The quantitative estimate of drug-likeness (QED) is 0.168. The average molecular weight is 2050 g/mol. The standard InChI is InChI=1S/C9H18.C8H16.C7H14.3C7H12.7C7H10.C6H12.3C6H10.3C6H8.C5H10.C5H8.C4H8/c1-9-7-5-3-2-4-6-8-9;1-8-6-4-2-3-5-7-8;11*1-7-5-3-2-4-6-7;7*1-6-4-2-3-5-6;2*1-5-3-2-4-5;1-4-2-3-4/h9H,2-8H2,1H3;8H,2-7H2,1H3;7H,2-6H2,1H3;5H,2-4,6H2,1H3;3,5,7H,2,4,6H2,1H3;2-3,7H,4-6H2,1H3;2*3,5-6H,2,4H2,1H3;3-7H,2H2,1H3;2*2-3,6H,4-5H2,1H3;2-3,5H,4,6H2,1H3;2-5,7H,6H2,1H3;6H,2-5H2,1H3;4H,2-3,5H2,1H3;2,4,6H,3,5H2,1H3;2-3,6H,4-5H2,1H3;2,4-5H,3H2,1H3;2-4H,5H2,1H3;2-6H,1H3;5H,2-4H2,1H3;2-3,5H,4H2,1H3;4H,2-3H2,1H3. The highest BCUT2D eigenvalue weighted by Crippen LogP contribution is 2.30. The average Bonchev–Trinajstić information content (AvgIpc) is 1.92. The molecule has 0 heteroatoms. The van der Waals surface area contributed by atoms with Gasteiger partial charge in [-0.05, 0) is 351 Å². The second-order valence-corrected chi connectivity index (χ2v) is 48.6. The van der Waals surface area contributed by atoms with Crippen LogP contribution in [0.2, 0.25) is 0 Å². The first-order chi connectivity index (χ1) is 72.6. The predicted molar refractivity (Wildman–Crippen MR) is 689 cm³/mol. The molecule has 0 aliphatic heterocycles. The summed E-state index contributed by atoms with van der Waals surface area (Å²) in [4.78, 5) is 0. The van der Waals surface area contributed by atoms with Crippen LogP contribution in [0.1, 0.15) is 538 Å². The zero-order valence-corrected chi connectivity index (χ0v) is 103. The summed E-state index contributed by atoms with van der Waals surface area (Å²) in [7, 11) is 0. The number of hydrogen-bond acceptors (Lipinski definition) is 0. The third-order valence-electron chi connectivity index (χ3n) is 30.8. The largest absolute Gasteiger partial charge is 0.0885 e. The lowest BCUT2D eigenvalue weighted by Crippen LogP contribution is -2.04. The van der Waals surface area contributed by atoms with Crippen LogP contribution in [0.15, 0.2) is 324 Å². The Labute approximate surface area is 937 Å². The Hall–Kier alpha value is -7.02. The molecule has 6 fully saturated rings. The van der Waals surface area contributed by atoms with Crippen molar-refractivity contribution in [3.8, 4) is 0 Å². The molecular formula is C150H246. The summed E-state index contributed by atoms with van der Waals surface area (Å²) in [5.74, 6) is 12.9. The minimum absolute atomic E-state index is 0.675. The van der Waals surface area contributed by atoms with Gasteiger partial charge in [-0.3, -0.25) is 0 Å². The number of rotatable bonds is 0. The molecule has 5 atom stereocenters. The van der Waals surface area contributed by atoms with Gasteiger partial charge in [-0.25, -0.2) is 0 Å². The lowest BCUT2D eigenvalue weighted by Gasteiger charge is -2.18. The van der Waals surface area contributed by atoms with Gasteiger partial charge in [0.05, 0.1) is 0 Å². The van der Waals surface area contributed by atoms with E-state index in [1.165, 1.54) is 392 Å². The van der Waals surface area contributed by atoms with Crippen LogP contribution in [0.25, 0.3) is 0 Å². The van der Waals surface area contributed by atoms with Gasteiger partial charge in [-0.1, -0.05) is 594 Å². The van der Waals surface area contributed by atoms with E-state index in [0.717, 1.165) is 96.7 Å². The van der Waals surface area contributed by atoms with E-state index in [4.69, 9.17) is 0 Å². The van der Waals surface area contributed by atoms with E-state index in [1.54, 1.807) is 11.1 Å². The van der Waals surface area contributed by atoms with Gasteiger partial charge in [0.15, 0.2) is 0 Å². The zero-order valence-electron chi connectivity index (χ0n) is 103. The summed E-state index contributed by atoms with van der Waals surface area (Å²) in [6.07, 6.45) is 180. The molecule has 0 spiro atoms. The molecule has 0 aromatic carbocycles. The fraction of sp³-hybridized carbons (Fsp3) is 0.640. The van der Waals surface area contributed by atoms with E-state index >= 15 is 0 Å². The van der Waals surface area contributed by atoms with Crippen LogP contribution >= 0.6 is 0 Å². The van der Waals surface area contributed by atoms with Crippen molar-refractivity contribution in [3.63, 3.8) is 0 Å². The van der Waals surface area contributed by atoms with Gasteiger partial charge in [-0.15, -0.1) is 0 Å². The van der Waals surface area contributed by atoms with Crippen molar-refractivity contribution in [3.05, 3.63) is 324 Å². The Balaban J connectivity index is 0.000000785. The number of allylic oxidation sites excluding steroid dienone is 54. The molecule has 0 nitrogen and oxygen atoms in total. The maximum Gasteiger partial charge on any atom is -0.00756 e. The van der Waals surface area contributed by atoms with Crippen LogP contribution in [0, 0.1) is 82.9 Å². The van der Waals surface area contributed by atoms with Crippen molar-refractivity contribution in [2.45, 2.75) is 538 Å². The monoisotopic (exact) mass is 2050 g/mol. The van der Waals surface area contributed by atoms with E-state index < -0.39 is 0 Å². The Morgan fingerprint density at radius 3 is 0.760 bits per heavy atom. The highest BCUT2D eigenvalue weighted by atomic mass is 14.2. The normalized spacial score (nSPS) is 23.7. The molecule has 23 rings (SSSR count). The van der Waals surface area contributed by atoms with Crippen LogP contribution in [-0.4, -0.2) is 0 Å². The van der Waals surface area contributed by atoms with Gasteiger partial charge in [0, 0.05) is 0 Å². The van der Waals surface area contributed by atoms with Crippen molar-refractivity contribution in [1.29, 1.82) is 0 Å².